The van der Waals surface area contributed by atoms with Gasteiger partial charge < -0.3 is 5.11 Å². The van der Waals surface area contributed by atoms with Gasteiger partial charge >= 0.3 is 5.97 Å². The van der Waals surface area contributed by atoms with Crippen molar-refractivity contribution in [2.45, 2.75) is 32.7 Å². The molecule has 8 heteroatoms. The van der Waals surface area contributed by atoms with Gasteiger partial charge in [-0.1, -0.05) is 6.92 Å². The Morgan fingerprint density at radius 2 is 2.26 bits per heavy atom. The molecule has 19 heavy (non-hydrogen) atoms. The van der Waals surface area contributed by atoms with Crippen molar-refractivity contribution in [3.8, 4) is 6.07 Å². The zero-order valence-corrected chi connectivity index (χ0v) is 11.9. The first-order valence-electron chi connectivity index (χ1n) is 6.24. The van der Waals surface area contributed by atoms with E-state index in [9.17, 15) is 13.2 Å². The third-order valence-corrected chi connectivity index (χ3v) is 5.25. The molecule has 1 unspecified atom stereocenters. The molecule has 108 valence electrons. The summed E-state index contributed by atoms with van der Waals surface area (Å²) in [5.74, 6) is -1.55. The van der Waals surface area contributed by atoms with Crippen LogP contribution in [0.2, 0.25) is 0 Å². The van der Waals surface area contributed by atoms with Crippen molar-refractivity contribution in [2.75, 3.05) is 19.6 Å². The van der Waals surface area contributed by atoms with E-state index in [-0.39, 0.29) is 19.6 Å². The van der Waals surface area contributed by atoms with Gasteiger partial charge in [-0.2, -0.15) is 22.3 Å². The van der Waals surface area contributed by atoms with Crippen molar-refractivity contribution in [1.82, 2.24) is 8.61 Å². The van der Waals surface area contributed by atoms with Crippen molar-refractivity contribution in [3.05, 3.63) is 0 Å². The number of hydrogen-bond donors (Lipinski definition) is 1. The lowest BCUT2D eigenvalue weighted by atomic mass is 10.2. The van der Waals surface area contributed by atoms with Crippen LogP contribution in [0.5, 0.6) is 0 Å². The highest BCUT2D eigenvalue weighted by atomic mass is 32.2. The standard InChI is InChI=1S/C11H19N3O4S/c1-3-13(8-9(2)7-12)19(17,18)14-6-4-5-10(14)11(15)16/h9-10H,3-6,8H2,1-2H3,(H,15,16)/t9?,10-/m1/s1. The van der Waals surface area contributed by atoms with E-state index < -0.39 is 28.1 Å². The Labute approximate surface area is 113 Å². The normalized spacial score (nSPS) is 22.3. The molecule has 0 saturated carbocycles. The van der Waals surface area contributed by atoms with Crippen LogP contribution in [0.25, 0.3) is 0 Å². The van der Waals surface area contributed by atoms with Gasteiger partial charge in [0.25, 0.3) is 10.2 Å². The van der Waals surface area contributed by atoms with E-state index in [1.807, 2.05) is 6.07 Å². The number of rotatable bonds is 6. The van der Waals surface area contributed by atoms with Gasteiger partial charge in [-0.15, -0.1) is 0 Å². The summed E-state index contributed by atoms with van der Waals surface area (Å²) in [6, 6.07) is 0.996. The molecule has 1 heterocycles. The van der Waals surface area contributed by atoms with E-state index in [2.05, 4.69) is 0 Å². The Bertz CT molecular complexity index is 471. The molecule has 0 amide bonds. The van der Waals surface area contributed by atoms with Crippen molar-refractivity contribution >= 4 is 16.2 Å². The van der Waals surface area contributed by atoms with Crippen LogP contribution in [0.4, 0.5) is 0 Å². The summed E-state index contributed by atoms with van der Waals surface area (Å²) in [7, 11) is -3.82. The van der Waals surface area contributed by atoms with Crippen LogP contribution in [0.3, 0.4) is 0 Å². The highest BCUT2D eigenvalue weighted by molar-refractivity contribution is 7.86. The second-order valence-electron chi connectivity index (χ2n) is 4.60. The molecule has 1 aliphatic heterocycles. The lowest BCUT2D eigenvalue weighted by molar-refractivity contribution is -0.140. The minimum absolute atomic E-state index is 0.0815. The van der Waals surface area contributed by atoms with Crippen LogP contribution in [-0.2, 0) is 15.0 Å². The summed E-state index contributed by atoms with van der Waals surface area (Å²) in [5, 5.41) is 17.8. The van der Waals surface area contributed by atoms with Crippen molar-refractivity contribution < 1.29 is 18.3 Å². The Morgan fingerprint density at radius 3 is 2.74 bits per heavy atom. The molecule has 1 N–H and O–H groups in total. The van der Waals surface area contributed by atoms with E-state index in [1.54, 1.807) is 13.8 Å². The van der Waals surface area contributed by atoms with E-state index in [0.717, 1.165) is 4.31 Å². The first-order valence-corrected chi connectivity index (χ1v) is 7.63. The SMILES string of the molecule is CCN(CC(C)C#N)S(=O)(=O)N1CCC[C@@H]1C(=O)O. The van der Waals surface area contributed by atoms with Gasteiger partial charge in [0.2, 0.25) is 0 Å². The molecule has 0 spiro atoms. The van der Waals surface area contributed by atoms with Gasteiger partial charge in [-0.05, 0) is 19.8 Å². The van der Waals surface area contributed by atoms with Crippen LogP contribution >= 0.6 is 0 Å². The average molecular weight is 289 g/mol. The summed E-state index contributed by atoms with van der Waals surface area (Å²) in [6.45, 7) is 3.83. The fraction of sp³-hybridized carbons (Fsp3) is 0.818. The second-order valence-corrected chi connectivity index (χ2v) is 6.48. The maximum absolute atomic E-state index is 12.4. The van der Waals surface area contributed by atoms with Crippen LogP contribution in [0, 0.1) is 17.2 Å². The van der Waals surface area contributed by atoms with Crippen molar-refractivity contribution in [3.63, 3.8) is 0 Å². The van der Waals surface area contributed by atoms with Gasteiger partial charge in [0.05, 0.1) is 12.0 Å². The Morgan fingerprint density at radius 1 is 1.63 bits per heavy atom. The zero-order chi connectivity index (χ0) is 14.6. The smallest absolute Gasteiger partial charge is 0.322 e. The third-order valence-electron chi connectivity index (χ3n) is 3.16. The number of carbonyl (C=O) groups is 1. The largest absolute Gasteiger partial charge is 0.480 e. The summed E-state index contributed by atoms with van der Waals surface area (Å²) < 4.78 is 27.0. The third kappa shape index (κ3) is 3.43. The summed E-state index contributed by atoms with van der Waals surface area (Å²) in [5.41, 5.74) is 0. The van der Waals surface area contributed by atoms with Gasteiger partial charge in [0.1, 0.15) is 6.04 Å². The minimum atomic E-state index is -3.82. The van der Waals surface area contributed by atoms with Crippen LogP contribution < -0.4 is 0 Å². The number of carboxylic acids is 1. The summed E-state index contributed by atoms with van der Waals surface area (Å²) in [6.07, 6.45) is 0.876. The molecule has 0 aliphatic carbocycles. The van der Waals surface area contributed by atoms with E-state index in [1.165, 1.54) is 4.31 Å². The summed E-state index contributed by atoms with van der Waals surface area (Å²) in [4.78, 5) is 11.1. The predicted octanol–water partition coefficient (Wildman–Crippen LogP) is 0.262. The lowest BCUT2D eigenvalue weighted by Gasteiger charge is -2.29. The van der Waals surface area contributed by atoms with E-state index in [0.29, 0.717) is 12.8 Å². The monoisotopic (exact) mass is 289 g/mol. The van der Waals surface area contributed by atoms with Crippen LogP contribution in [0.1, 0.15) is 26.7 Å². The fourth-order valence-electron chi connectivity index (χ4n) is 2.14. The van der Waals surface area contributed by atoms with Gasteiger partial charge in [0.15, 0.2) is 0 Å². The molecule has 2 atom stereocenters. The number of carboxylic acid groups (broad SMARTS) is 1. The molecule has 0 aromatic rings. The first-order chi connectivity index (χ1) is 8.84. The van der Waals surface area contributed by atoms with Gasteiger partial charge in [0, 0.05) is 19.6 Å². The Balaban J connectivity index is 2.95. The molecule has 1 rings (SSSR count). The number of nitrogens with zero attached hydrogens (tertiary/aromatic N) is 3. The van der Waals surface area contributed by atoms with E-state index >= 15 is 0 Å². The van der Waals surface area contributed by atoms with Gasteiger partial charge in [-0.3, -0.25) is 4.79 Å². The molecule has 0 aromatic heterocycles. The fourth-order valence-corrected chi connectivity index (χ4v) is 4.06. The predicted molar refractivity (Wildman–Crippen MR) is 68.3 cm³/mol. The lowest BCUT2D eigenvalue weighted by Crippen LogP contribution is -2.49. The first kappa shape index (κ1) is 15.9. The quantitative estimate of drug-likeness (QED) is 0.755. The van der Waals surface area contributed by atoms with Crippen LogP contribution in [-0.4, -0.2) is 53.8 Å². The molecule has 1 saturated heterocycles. The average Bonchev–Trinajstić information content (AvgIpc) is 2.85. The van der Waals surface area contributed by atoms with Crippen molar-refractivity contribution in [1.29, 1.82) is 5.26 Å². The Hall–Kier alpha value is -1.17. The van der Waals surface area contributed by atoms with Gasteiger partial charge in [-0.25, -0.2) is 0 Å². The molecule has 7 nitrogen and oxygen atoms in total. The molecule has 0 radical (unpaired) electrons. The highest BCUT2D eigenvalue weighted by Gasteiger charge is 2.41. The molecule has 1 aliphatic rings. The minimum Gasteiger partial charge on any atom is -0.480 e. The van der Waals surface area contributed by atoms with Crippen molar-refractivity contribution in [2.24, 2.45) is 5.92 Å². The maximum Gasteiger partial charge on any atom is 0.322 e. The molecule has 1 fully saturated rings. The Kier molecular flexibility index (Phi) is 5.29. The molecular formula is C11H19N3O4S. The number of nitriles is 1. The van der Waals surface area contributed by atoms with Crippen LogP contribution in [0.15, 0.2) is 0 Å². The number of aliphatic carboxylic acids is 1. The van der Waals surface area contributed by atoms with E-state index in [4.69, 9.17) is 10.4 Å². The molecule has 0 bridgehead atoms. The summed E-state index contributed by atoms with van der Waals surface area (Å²) >= 11 is 0. The second kappa shape index (κ2) is 6.32. The number of hydrogen-bond acceptors (Lipinski definition) is 4. The highest BCUT2D eigenvalue weighted by Crippen LogP contribution is 2.24. The maximum atomic E-state index is 12.4. The molecule has 0 aromatic carbocycles. The molecular weight excluding hydrogens is 270 g/mol. The zero-order valence-electron chi connectivity index (χ0n) is 11.1. The topological polar surface area (TPSA) is 102 Å².